The van der Waals surface area contributed by atoms with E-state index in [0.29, 0.717) is 0 Å². The number of anilines is 1. The number of hydrogen-bond donors (Lipinski definition) is 1. The van der Waals surface area contributed by atoms with Crippen LogP contribution in [0.4, 0.5) is 14.5 Å². The Labute approximate surface area is 151 Å². The van der Waals surface area contributed by atoms with Crippen LogP contribution in [0.2, 0.25) is 0 Å². The van der Waals surface area contributed by atoms with Gasteiger partial charge in [-0.3, -0.25) is 9.59 Å². The summed E-state index contributed by atoms with van der Waals surface area (Å²) in [6, 6.07) is 2.95. The number of nitrogens with zero attached hydrogens (tertiary/aromatic N) is 1. The summed E-state index contributed by atoms with van der Waals surface area (Å²) in [4.78, 5) is 25.9. The molecule has 3 unspecified atom stereocenters. The van der Waals surface area contributed by atoms with Gasteiger partial charge in [0.1, 0.15) is 11.6 Å². The van der Waals surface area contributed by atoms with Crippen molar-refractivity contribution in [3.05, 3.63) is 29.8 Å². The molecule has 0 aromatic heterocycles. The Morgan fingerprint density at radius 2 is 2.08 bits per heavy atom. The van der Waals surface area contributed by atoms with Gasteiger partial charge in [0.25, 0.3) is 0 Å². The molecule has 1 N–H and O–H groups in total. The first-order chi connectivity index (χ1) is 12.4. The van der Waals surface area contributed by atoms with E-state index in [1.807, 2.05) is 6.92 Å². The van der Waals surface area contributed by atoms with E-state index in [1.165, 1.54) is 4.90 Å². The van der Waals surface area contributed by atoms with Gasteiger partial charge in [0.05, 0.1) is 12.0 Å². The van der Waals surface area contributed by atoms with Crippen LogP contribution in [0, 0.1) is 17.6 Å². The van der Waals surface area contributed by atoms with Gasteiger partial charge >= 0.3 is 0 Å². The lowest BCUT2D eigenvalue weighted by Gasteiger charge is -2.19. The first kappa shape index (κ1) is 18.8. The van der Waals surface area contributed by atoms with E-state index in [9.17, 15) is 18.4 Å². The zero-order valence-electron chi connectivity index (χ0n) is 14.8. The maximum Gasteiger partial charge on any atom is 0.227 e. The molecular formula is C19H24F2N2O3. The van der Waals surface area contributed by atoms with Crippen LogP contribution in [0.15, 0.2) is 18.2 Å². The molecule has 0 bridgehead atoms. The van der Waals surface area contributed by atoms with Crippen molar-refractivity contribution >= 4 is 17.5 Å². The van der Waals surface area contributed by atoms with Gasteiger partial charge in [0.2, 0.25) is 11.8 Å². The summed E-state index contributed by atoms with van der Waals surface area (Å²) in [5, 5.41) is 2.94. The minimum absolute atomic E-state index is 0.0116. The second-order valence-corrected chi connectivity index (χ2v) is 7.16. The zero-order chi connectivity index (χ0) is 18.7. The summed E-state index contributed by atoms with van der Waals surface area (Å²) in [7, 11) is 0. The molecule has 1 aromatic carbocycles. The minimum atomic E-state index is -0.747. The minimum Gasteiger partial charge on any atom is -0.378 e. The van der Waals surface area contributed by atoms with Crippen LogP contribution in [0.5, 0.6) is 0 Å². The summed E-state index contributed by atoms with van der Waals surface area (Å²) in [5.74, 6) is -2.51. The van der Waals surface area contributed by atoms with Crippen LogP contribution < -0.4 is 10.2 Å². The molecule has 0 radical (unpaired) electrons. The smallest absolute Gasteiger partial charge is 0.227 e. The fourth-order valence-electron chi connectivity index (χ4n) is 3.57. The van der Waals surface area contributed by atoms with Crippen molar-refractivity contribution in [2.24, 2.45) is 5.92 Å². The molecule has 0 spiro atoms. The molecule has 2 aliphatic rings. The van der Waals surface area contributed by atoms with Crippen molar-refractivity contribution in [1.29, 1.82) is 0 Å². The average molecular weight is 366 g/mol. The molecule has 2 amide bonds. The van der Waals surface area contributed by atoms with Crippen LogP contribution in [0.3, 0.4) is 0 Å². The van der Waals surface area contributed by atoms with Crippen LogP contribution >= 0.6 is 0 Å². The lowest BCUT2D eigenvalue weighted by atomic mass is 10.0. The maximum atomic E-state index is 13.4. The molecule has 3 atom stereocenters. The number of hydrogen-bond acceptors (Lipinski definition) is 3. The average Bonchev–Trinajstić information content (AvgIpc) is 3.21. The van der Waals surface area contributed by atoms with Crippen molar-refractivity contribution in [2.45, 2.75) is 51.2 Å². The number of halogens is 2. The largest absolute Gasteiger partial charge is 0.378 e. The number of benzene rings is 1. The summed E-state index contributed by atoms with van der Waals surface area (Å²) in [5.41, 5.74) is 0.147. The Hall–Kier alpha value is -2.02. The maximum absolute atomic E-state index is 13.4. The highest BCUT2D eigenvalue weighted by atomic mass is 19.1. The summed E-state index contributed by atoms with van der Waals surface area (Å²) < 4.78 is 32.3. The summed E-state index contributed by atoms with van der Waals surface area (Å²) in [6.45, 7) is 2.88. The molecule has 0 aliphatic carbocycles. The monoisotopic (exact) mass is 366 g/mol. The third-order valence-corrected chi connectivity index (χ3v) is 4.99. The van der Waals surface area contributed by atoms with Gasteiger partial charge in [0.15, 0.2) is 0 Å². The molecule has 26 heavy (non-hydrogen) atoms. The lowest BCUT2D eigenvalue weighted by Crippen LogP contribution is -2.38. The third-order valence-electron chi connectivity index (χ3n) is 4.99. The van der Waals surface area contributed by atoms with Gasteiger partial charge < -0.3 is 15.0 Å². The van der Waals surface area contributed by atoms with Crippen molar-refractivity contribution in [2.75, 3.05) is 18.1 Å². The topological polar surface area (TPSA) is 58.6 Å². The standard InChI is InChI=1S/C19H24F2N2O3/c1-12(4-5-17-3-2-6-26-17)22-19(25)13-7-18(24)23(11-13)16-9-14(20)8-15(21)10-16/h8-10,12-13,17H,2-7,11H2,1H3,(H,22,25). The first-order valence-electron chi connectivity index (χ1n) is 9.11. The van der Waals surface area contributed by atoms with E-state index in [0.717, 1.165) is 50.5 Å². The molecule has 2 aliphatic heterocycles. The van der Waals surface area contributed by atoms with E-state index in [2.05, 4.69) is 5.32 Å². The number of amides is 2. The molecule has 0 saturated carbocycles. The summed E-state index contributed by atoms with van der Waals surface area (Å²) in [6.07, 6.45) is 4.20. The number of carbonyl (C=O) groups is 2. The number of rotatable bonds is 6. The van der Waals surface area contributed by atoms with E-state index in [1.54, 1.807) is 0 Å². The molecule has 2 fully saturated rings. The van der Waals surface area contributed by atoms with Crippen LogP contribution in [-0.2, 0) is 14.3 Å². The Morgan fingerprint density at radius 3 is 2.73 bits per heavy atom. The molecule has 2 heterocycles. The second-order valence-electron chi connectivity index (χ2n) is 7.16. The molecule has 3 rings (SSSR count). The van der Waals surface area contributed by atoms with Crippen molar-refractivity contribution < 1.29 is 23.1 Å². The van der Waals surface area contributed by atoms with E-state index >= 15 is 0 Å². The fraction of sp³-hybridized carbons (Fsp3) is 0.579. The van der Waals surface area contributed by atoms with Crippen molar-refractivity contribution in [1.82, 2.24) is 5.32 Å². The van der Waals surface area contributed by atoms with Crippen LogP contribution in [-0.4, -0.2) is 37.1 Å². The quantitative estimate of drug-likeness (QED) is 0.842. The Kier molecular flexibility index (Phi) is 5.86. The first-order valence-corrected chi connectivity index (χ1v) is 9.11. The normalized spacial score (nSPS) is 24.1. The highest BCUT2D eigenvalue weighted by molar-refractivity contribution is 6.00. The van der Waals surface area contributed by atoms with Crippen LogP contribution in [0.1, 0.15) is 39.0 Å². The predicted molar refractivity (Wildman–Crippen MR) is 92.6 cm³/mol. The van der Waals surface area contributed by atoms with Gasteiger partial charge in [-0.05, 0) is 44.7 Å². The van der Waals surface area contributed by atoms with Gasteiger partial charge in [-0.15, -0.1) is 0 Å². The molecule has 7 heteroatoms. The molecular weight excluding hydrogens is 342 g/mol. The molecule has 5 nitrogen and oxygen atoms in total. The molecule has 1 aromatic rings. The molecule has 2 saturated heterocycles. The van der Waals surface area contributed by atoms with Crippen LogP contribution in [0.25, 0.3) is 0 Å². The Bertz CT molecular complexity index is 656. The number of ether oxygens (including phenoxy) is 1. The van der Waals surface area contributed by atoms with Gasteiger partial charge in [0, 0.05) is 37.4 Å². The van der Waals surface area contributed by atoms with Gasteiger partial charge in [-0.25, -0.2) is 8.78 Å². The van der Waals surface area contributed by atoms with Gasteiger partial charge in [-0.1, -0.05) is 0 Å². The highest BCUT2D eigenvalue weighted by Gasteiger charge is 2.35. The highest BCUT2D eigenvalue weighted by Crippen LogP contribution is 2.27. The molecule has 142 valence electrons. The second kappa shape index (κ2) is 8.12. The lowest BCUT2D eigenvalue weighted by molar-refractivity contribution is -0.126. The zero-order valence-corrected chi connectivity index (χ0v) is 14.8. The fourth-order valence-corrected chi connectivity index (χ4v) is 3.57. The Balaban J connectivity index is 1.53. The number of nitrogens with one attached hydrogen (secondary N) is 1. The van der Waals surface area contributed by atoms with E-state index < -0.39 is 17.6 Å². The van der Waals surface area contributed by atoms with E-state index in [4.69, 9.17) is 4.74 Å². The van der Waals surface area contributed by atoms with E-state index in [-0.39, 0.29) is 42.6 Å². The summed E-state index contributed by atoms with van der Waals surface area (Å²) >= 11 is 0. The third kappa shape index (κ3) is 4.58. The van der Waals surface area contributed by atoms with Crippen molar-refractivity contribution in [3.8, 4) is 0 Å². The predicted octanol–water partition coefficient (Wildman–Crippen LogP) is 2.78. The van der Waals surface area contributed by atoms with Crippen molar-refractivity contribution in [3.63, 3.8) is 0 Å². The van der Waals surface area contributed by atoms with Gasteiger partial charge in [-0.2, -0.15) is 0 Å². The number of carbonyl (C=O) groups excluding carboxylic acids is 2. The SMILES string of the molecule is CC(CCC1CCCO1)NC(=O)C1CC(=O)N(c2cc(F)cc(F)c2)C1. The Morgan fingerprint density at radius 1 is 1.35 bits per heavy atom.